The lowest BCUT2D eigenvalue weighted by Crippen LogP contribution is -2.26. The van der Waals surface area contributed by atoms with Gasteiger partial charge in [0.05, 0.1) is 5.69 Å². The molecule has 0 aromatic heterocycles. The molecule has 0 heterocycles. The van der Waals surface area contributed by atoms with Gasteiger partial charge in [0.2, 0.25) is 0 Å². The largest absolute Gasteiger partial charge is 0.480 e. The van der Waals surface area contributed by atoms with Crippen LogP contribution in [-0.2, 0) is 11.3 Å². The van der Waals surface area contributed by atoms with E-state index in [0.717, 1.165) is 5.56 Å². The Labute approximate surface area is 111 Å². The lowest BCUT2D eigenvalue weighted by atomic mass is 10.1. The van der Waals surface area contributed by atoms with Gasteiger partial charge in [0, 0.05) is 20.2 Å². The molecule has 0 fully saturated rings. The number of anilines is 1. The van der Waals surface area contributed by atoms with Gasteiger partial charge in [-0.1, -0.05) is 6.07 Å². The van der Waals surface area contributed by atoms with E-state index in [1.54, 1.807) is 12.1 Å². The summed E-state index contributed by atoms with van der Waals surface area (Å²) in [6, 6.07) is 4.61. The van der Waals surface area contributed by atoms with Crippen LogP contribution in [0.15, 0.2) is 18.2 Å². The van der Waals surface area contributed by atoms with E-state index >= 15 is 0 Å². The fourth-order valence-corrected chi connectivity index (χ4v) is 1.69. The molecule has 19 heavy (non-hydrogen) atoms. The molecule has 0 atom stereocenters. The summed E-state index contributed by atoms with van der Waals surface area (Å²) in [6.07, 6.45) is 0.660. The lowest BCUT2D eigenvalue weighted by molar-refractivity contribution is -0.135. The molecule has 0 amide bonds. The Kier molecular flexibility index (Phi) is 6.24. The third-order valence-corrected chi connectivity index (χ3v) is 2.64. The lowest BCUT2D eigenvalue weighted by Gasteiger charge is -2.18. The summed E-state index contributed by atoms with van der Waals surface area (Å²) in [5, 5.41) is 20.5. The Balaban J connectivity index is 2.68. The SMILES string of the molecule is CN(CC(=O)O)c1cc(CNCCCO)ccc1F. The van der Waals surface area contributed by atoms with E-state index in [1.165, 1.54) is 18.0 Å². The van der Waals surface area contributed by atoms with E-state index in [-0.39, 0.29) is 18.8 Å². The zero-order valence-electron chi connectivity index (χ0n) is 10.9. The minimum Gasteiger partial charge on any atom is -0.480 e. The van der Waals surface area contributed by atoms with Crippen molar-refractivity contribution in [3.8, 4) is 0 Å². The van der Waals surface area contributed by atoms with Crippen LogP contribution in [-0.4, -0.2) is 42.9 Å². The number of carboxylic acids is 1. The minimum atomic E-state index is -1.01. The Bertz CT molecular complexity index is 426. The molecule has 1 rings (SSSR count). The van der Waals surface area contributed by atoms with Gasteiger partial charge in [-0.05, 0) is 30.7 Å². The van der Waals surface area contributed by atoms with Crippen molar-refractivity contribution in [2.45, 2.75) is 13.0 Å². The molecule has 5 nitrogen and oxygen atoms in total. The monoisotopic (exact) mass is 270 g/mol. The summed E-state index contributed by atoms with van der Waals surface area (Å²) in [5.41, 5.74) is 1.13. The quantitative estimate of drug-likeness (QED) is 0.610. The minimum absolute atomic E-state index is 0.128. The maximum Gasteiger partial charge on any atom is 0.323 e. The zero-order chi connectivity index (χ0) is 14.3. The summed E-state index contributed by atoms with van der Waals surface area (Å²) < 4.78 is 13.6. The molecule has 0 saturated heterocycles. The molecule has 6 heteroatoms. The first kappa shape index (κ1) is 15.4. The second kappa shape index (κ2) is 7.70. The molecule has 0 aliphatic carbocycles. The van der Waals surface area contributed by atoms with Gasteiger partial charge in [-0.25, -0.2) is 4.39 Å². The second-order valence-electron chi connectivity index (χ2n) is 4.29. The van der Waals surface area contributed by atoms with Crippen LogP contribution in [0.5, 0.6) is 0 Å². The van der Waals surface area contributed by atoms with Crippen molar-refractivity contribution in [3.63, 3.8) is 0 Å². The van der Waals surface area contributed by atoms with Gasteiger partial charge in [-0.3, -0.25) is 4.79 Å². The number of benzene rings is 1. The van der Waals surface area contributed by atoms with Crippen LogP contribution >= 0.6 is 0 Å². The number of carboxylic acid groups (broad SMARTS) is 1. The maximum atomic E-state index is 13.6. The van der Waals surface area contributed by atoms with E-state index in [1.807, 2.05) is 0 Å². The van der Waals surface area contributed by atoms with E-state index < -0.39 is 11.8 Å². The third kappa shape index (κ3) is 5.23. The van der Waals surface area contributed by atoms with Crippen molar-refractivity contribution in [2.24, 2.45) is 0 Å². The Morgan fingerprint density at radius 1 is 1.47 bits per heavy atom. The highest BCUT2D eigenvalue weighted by Crippen LogP contribution is 2.19. The first-order valence-electron chi connectivity index (χ1n) is 6.07. The number of aliphatic hydroxyl groups excluding tert-OH is 1. The Morgan fingerprint density at radius 2 is 2.21 bits per heavy atom. The number of aliphatic carboxylic acids is 1. The number of hydrogen-bond acceptors (Lipinski definition) is 4. The number of hydrogen-bond donors (Lipinski definition) is 3. The van der Waals surface area contributed by atoms with E-state index in [4.69, 9.17) is 10.2 Å². The van der Waals surface area contributed by atoms with Crippen molar-refractivity contribution in [1.29, 1.82) is 0 Å². The fraction of sp³-hybridized carbons (Fsp3) is 0.462. The molecule has 0 saturated carbocycles. The van der Waals surface area contributed by atoms with Crippen molar-refractivity contribution in [2.75, 3.05) is 31.6 Å². The maximum absolute atomic E-state index is 13.6. The predicted octanol–water partition coefficient (Wildman–Crippen LogP) is 0.818. The van der Waals surface area contributed by atoms with E-state index in [9.17, 15) is 9.18 Å². The molecular weight excluding hydrogens is 251 g/mol. The number of rotatable bonds is 8. The zero-order valence-corrected chi connectivity index (χ0v) is 10.9. The van der Waals surface area contributed by atoms with Crippen molar-refractivity contribution in [3.05, 3.63) is 29.6 Å². The Morgan fingerprint density at radius 3 is 2.84 bits per heavy atom. The number of carbonyl (C=O) groups is 1. The van der Waals surface area contributed by atoms with Gasteiger partial charge in [0.25, 0.3) is 0 Å². The van der Waals surface area contributed by atoms with Gasteiger partial charge < -0.3 is 20.4 Å². The molecule has 1 aromatic rings. The summed E-state index contributed by atoms with van der Waals surface area (Å²) in [7, 11) is 1.54. The summed E-state index contributed by atoms with van der Waals surface area (Å²) >= 11 is 0. The van der Waals surface area contributed by atoms with Gasteiger partial charge in [-0.2, -0.15) is 0 Å². The van der Waals surface area contributed by atoms with Gasteiger partial charge in [-0.15, -0.1) is 0 Å². The highest BCUT2D eigenvalue weighted by atomic mass is 19.1. The van der Waals surface area contributed by atoms with Crippen LogP contribution in [0.1, 0.15) is 12.0 Å². The van der Waals surface area contributed by atoms with Gasteiger partial charge in [0.1, 0.15) is 12.4 Å². The number of likely N-dealkylation sites (N-methyl/N-ethyl adjacent to an activating group) is 1. The molecule has 0 spiro atoms. The standard InChI is InChI=1S/C13H19FN2O3/c1-16(9-13(18)19)12-7-10(3-4-11(12)14)8-15-5-2-6-17/h3-4,7,15,17H,2,5-6,8-9H2,1H3,(H,18,19). The number of nitrogens with one attached hydrogen (secondary N) is 1. The normalized spacial score (nSPS) is 10.5. The average Bonchev–Trinajstić information content (AvgIpc) is 2.35. The summed E-state index contributed by atoms with van der Waals surface area (Å²) in [5.74, 6) is -1.45. The first-order valence-corrected chi connectivity index (χ1v) is 6.07. The van der Waals surface area contributed by atoms with Crippen LogP contribution in [0.2, 0.25) is 0 Å². The first-order chi connectivity index (χ1) is 9.04. The van der Waals surface area contributed by atoms with Crippen molar-refractivity contribution < 1.29 is 19.4 Å². The number of nitrogens with zero attached hydrogens (tertiary/aromatic N) is 1. The highest BCUT2D eigenvalue weighted by Gasteiger charge is 2.11. The van der Waals surface area contributed by atoms with Crippen LogP contribution < -0.4 is 10.2 Å². The molecule has 0 unspecified atom stereocenters. The predicted molar refractivity (Wildman–Crippen MR) is 70.7 cm³/mol. The third-order valence-electron chi connectivity index (χ3n) is 2.64. The van der Waals surface area contributed by atoms with Crippen LogP contribution in [0.3, 0.4) is 0 Å². The molecule has 0 aliphatic heterocycles. The number of halogens is 1. The molecule has 0 radical (unpaired) electrons. The molecular formula is C13H19FN2O3. The van der Waals surface area contributed by atoms with Crippen molar-refractivity contribution >= 4 is 11.7 Å². The number of aliphatic hydroxyl groups is 1. The fourth-order valence-electron chi connectivity index (χ4n) is 1.69. The summed E-state index contributed by atoms with van der Waals surface area (Å²) in [6.45, 7) is 1.10. The van der Waals surface area contributed by atoms with Gasteiger partial charge in [0.15, 0.2) is 0 Å². The van der Waals surface area contributed by atoms with Gasteiger partial charge >= 0.3 is 5.97 Å². The smallest absolute Gasteiger partial charge is 0.323 e. The second-order valence-corrected chi connectivity index (χ2v) is 4.29. The topological polar surface area (TPSA) is 72.8 Å². The molecule has 0 aliphatic rings. The Hall–Kier alpha value is -1.66. The molecule has 0 bridgehead atoms. The molecule has 3 N–H and O–H groups in total. The molecule has 1 aromatic carbocycles. The van der Waals surface area contributed by atoms with E-state index in [0.29, 0.717) is 19.5 Å². The summed E-state index contributed by atoms with van der Waals surface area (Å²) in [4.78, 5) is 12.0. The average molecular weight is 270 g/mol. The molecule has 106 valence electrons. The van der Waals surface area contributed by atoms with Crippen LogP contribution in [0, 0.1) is 5.82 Å². The van der Waals surface area contributed by atoms with Crippen LogP contribution in [0.25, 0.3) is 0 Å². The highest BCUT2D eigenvalue weighted by molar-refractivity contribution is 5.73. The van der Waals surface area contributed by atoms with E-state index in [2.05, 4.69) is 5.32 Å². The van der Waals surface area contributed by atoms with Crippen molar-refractivity contribution in [1.82, 2.24) is 5.32 Å². The van der Waals surface area contributed by atoms with Crippen LogP contribution in [0.4, 0.5) is 10.1 Å².